The van der Waals surface area contributed by atoms with E-state index in [-0.39, 0.29) is 5.82 Å². The number of likely N-dealkylation sites (tertiary alicyclic amines) is 1. The van der Waals surface area contributed by atoms with Crippen LogP contribution in [0.15, 0.2) is 54.6 Å². The van der Waals surface area contributed by atoms with E-state index in [0.717, 1.165) is 31.1 Å². The summed E-state index contributed by atoms with van der Waals surface area (Å²) in [5.41, 5.74) is 2.55. The molecule has 0 amide bonds. The second kappa shape index (κ2) is 8.23. The van der Waals surface area contributed by atoms with Crippen molar-refractivity contribution in [1.29, 1.82) is 0 Å². The fourth-order valence-electron chi connectivity index (χ4n) is 3.21. The van der Waals surface area contributed by atoms with Crippen molar-refractivity contribution < 1.29 is 4.39 Å². The van der Waals surface area contributed by atoms with Gasteiger partial charge in [-0.3, -0.25) is 4.90 Å². The molecular weight excluding hydrogens is 287 g/mol. The van der Waals surface area contributed by atoms with E-state index in [1.54, 1.807) is 0 Å². The van der Waals surface area contributed by atoms with Crippen LogP contribution in [0.4, 0.5) is 4.39 Å². The molecule has 2 aromatic rings. The fraction of sp³-hybridized carbons (Fsp3) is 0.400. The highest BCUT2D eigenvalue weighted by molar-refractivity contribution is 5.16. The van der Waals surface area contributed by atoms with E-state index >= 15 is 0 Å². The molecule has 1 N–H and O–H groups in total. The van der Waals surface area contributed by atoms with Crippen LogP contribution in [0.1, 0.15) is 24.0 Å². The summed E-state index contributed by atoms with van der Waals surface area (Å²) in [6, 6.07) is 17.5. The van der Waals surface area contributed by atoms with Crippen LogP contribution >= 0.6 is 0 Å². The van der Waals surface area contributed by atoms with Gasteiger partial charge in [0, 0.05) is 13.1 Å². The average molecular weight is 312 g/mol. The Morgan fingerprint density at radius 3 is 2.30 bits per heavy atom. The summed E-state index contributed by atoms with van der Waals surface area (Å²) in [6.45, 7) is 5.30. The van der Waals surface area contributed by atoms with Crippen molar-refractivity contribution in [2.45, 2.75) is 25.9 Å². The second-order valence-corrected chi connectivity index (χ2v) is 6.46. The molecule has 0 atom stereocenters. The molecule has 0 unspecified atom stereocenters. The maximum Gasteiger partial charge on any atom is 0.123 e. The number of piperidine rings is 1. The Bertz CT molecular complexity index is 574. The van der Waals surface area contributed by atoms with Gasteiger partial charge in [0.15, 0.2) is 0 Å². The molecule has 1 heterocycles. The first-order valence-corrected chi connectivity index (χ1v) is 8.51. The largest absolute Gasteiger partial charge is 0.312 e. The van der Waals surface area contributed by atoms with Gasteiger partial charge >= 0.3 is 0 Å². The third-order valence-corrected chi connectivity index (χ3v) is 4.63. The van der Waals surface area contributed by atoms with Crippen molar-refractivity contribution in [1.82, 2.24) is 10.2 Å². The highest BCUT2D eigenvalue weighted by Gasteiger charge is 2.18. The molecule has 3 heteroatoms. The predicted octanol–water partition coefficient (Wildman–Crippen LogP) is 3.83. The zero-order valence-electron chi connectivity index (χ0n) is 13.5. The molecule has 0 bridgehead atoms. The Hall–Kier alpha value is -1.71. The minimum atomic E-state index is -0.167. The van der Waals surface area contributed by atoms with E-state index in [2.05, 4.69) is 40.5 Å². The van der Waals surface area contributed by atoms with E-state index in [1.807, 2.05) is 12.1 Å². The lowest BCUT2D eigenvalue weighted by Crippen LogP contribution is -2.36. The van der Waals surface area contributed by atoms with Crippen LogP contribution in [0, 0.1) is 11.7 Å². The Balaban J connectivity index is 1.35. The normalized spacial score (nSPS) is 16.6. The van der Waals surface area contributed by atoms with Gasteiger partial charge in [0.1, 0.15) is 5.82 Å². The lowest BCUT2D eigenvalue weighted by molar-refractivity contribution is 0.175. The molecular formula is C20H25FN2. The zero-order chi connectivity index (χ0) is 15.9. The Kier molecular flexibility index (Phi) is 5.78. The van der Waals surface area contributed by atoms with Crippen LogP contribution < -0.4 is 5.32 Å². The summed E-state index contributed by atoms with van der Waals surface area (Å²) in [6.07, 6.45) is 2.51. The van der Waals surface area contributed by atoms with Gasteiger partial charge in [0.05, 0.1) is 0 Å². The maximum absolute atomic E-state index is 12.9. The molecule has 3 rings (SSSR count). The molecule has 122 valence electrons. The third-order valence-electron chi connectivity index (χ3n) is 4.63. The summed E-state index contributed by atoms with van der Waals surface area (Å²) in [5.74, 6) is 0.585. The molecule has 0 radical (unpaired) electrons. The number of halogens is 1. The van der Waals surface area contributed by atoms with Crippen LogP contribution in [0.5, 0.6) is 0 Å². The zero-order valence-corrected chi connectivity index (χ0v) is 13.5. The van der Waals surface area contributed by atoms with E-state index in [1.165, 1.54) is 43.6 Å². The number of hydrogen-bond donors (Lipinski definition) is 1. The average Bonchev–Trinajstić information content (AvgIpc) is 2.59. The number of nitrogens with zero attached hydrogens (tertiary/aromatic N) is 1. The number of benzene rings is 2. The van der Waals surface area contributed by atoms with Crippen LogP contribution in [-0.4, -0.2) is 24.5 Å². The van der Waals surface area contributed by atoms with Gasteiger partial charge in [0.2, 0.25) is 0 Å². The monoisotopic (exact) mass is 312 g/mol. The van der Waals surface area contributed by atoms with E-state index in [4.69, 9.17) is 0 Å². The molecule has 1 aliphatic rings. The Morgan fingerprint density at radius 1 is 0.913 bits per heavy atom. The number of rotatable bonds is 6. The molecule has 23 heavy (non-hydrogen) atoms. The fourth-order valence-corrected chi connectivity index (χ4v) is 3.21. The van der Waals surface area contributed by atoms with Gasteiger partial charge < -0.3 is 5.32 Å². The van der Waals surface area contributed by atoms with Gasteiger partial charge in [-0.1, -0.05) is 42.5 Å². The molecule has 0 aromatic heterocycles. The van der Waals surface area contributed by atoms with Crippen LogP contribution in [0.3, 0.4) is 0 Å². The Labute approximate surface area is 138 Å². The lowest BCUT2D eigenvalue weighted by atomic mass is 9.96. The lowest BCUT2D eigenvalue weighted by Gasteiger charge is -2.32. The predicted molar refractivity (Wildman–Crippen MR) is 92.5 cm³/mol. The van der Waals surface area contributed by atoms with Crippen molar-refractivity contribution in [2.24, 2.45) is 5.92 Å². The van der Waals surface area contributed by atoms with E-state index in [0.29, 0.717) is 0 Å². The van der Waals surface area contributed by atoms with Gasteiger partial charge in [-0.05, 0) is 61.7 Å². The van der Waals surface area contributed by atoms with Gasteiger partial charge in [-0.2, -0.15) is 0 Å². The van der Waals surface area contributed by atoms with Crippen molar-refractivity contribution in [3.05, 3.63) is 71.5 Å². The summed E-state index contributed by atoms with van der Waals surface area (Å²) >= 11 is 0. The molecule has 2 nitrogen and oxygen atoms in total. The summed E-state index contributed by atoms with van der Waals surface area (Å²) in [5, 5.41) is 3.51. The SMILES string of the molecule is Fc1ccc(CNCC2CCN(Cc3ccccc3)CC2)cc1. The highest BCUT2D eigenvalue weighted by Crippen LogP contribution is 2.18. The van der Waals surface area contributed by atoms with E-state index < -0.39 is 0 Å². The van der Waals surface area contributed by atoms with Gasteiger partial charge in [-0.15, -0.1) is 0 Å². The highest BCUT2D eigenvalue weighted by atomic mass is 19.1. The van der Waals surface area contributed by atoms with Gasteiger partial charge in [-0.25, -0.2) is 4.39 Å². The van der Waals surface area contributed by atoms with Crippen LogP contribution in [0.2, 0.25) is 0 Å². The maximum atomic E-state index is 12.9. The van der Waals surface area contributed by atoms with Crippen molar-refractivity contribution in [2.75, 3.05) is 19.6 Å². The first-order chi connectivity index (χ1) is 11.3. The molecule has 1 fully saturated rings. The first-order valence-electron chi connectivity index (χ1n) is 8.51. The Morgan fingerprint density at radius 2 is 1.61 bits per heavy atom. The quantitative estimate of drug-likeness (QED) is 0.872. The molecule has 0 spiro atoms. The second-order valence-electron chi connectivity index (χ2n) is 6.46. The molecule has 0 saturated carbocycles. The smallest absolute Gasteiger partial charge is 0.123 e. The van der Waals surface area contributed by atoms with Crippen LogP contribution in [0.25, 0.3) is 0 Å². The summed E-state index contributed by atoms with van der Waals surface area (Å²) < 4.78 is 12.9. The van der Waals surface area contributed by atoms with Crippen molar-refractivity contribution >= 4 is 0 Å². The number of nitrogens with one attached hydrogen (secondary N) is 1. The van der Waals surface area contributed by atoms with Crippen molar-refractivity contribution in [3.63, 3.8) is 0 Å². The minimum absolute atomic E-state index is 0.167. The minimum Gasteiger partial charge on any atom is -0.312 e. The molecule has 0 aliphatic carbocycles. The topological polar surface area (TPSA) is 15.3 Å². The third kappa shape index (κ3) is 5.15. The molecule has 1 aliphatic heterocycles. The van der Waals surface area contributed by atoms with Crippen molar-refractivity contribution in [3.8, 4) is 0 Å². The standard InChI is InChI=1S/C20H25FN2/c21-20-8-6-17(7-9-20)14-22-15-18-10-12-23(13-11-18)16-19-4-2-1-3-5-19/h1-9,18,22H,10-16H2. The molecule has 2 aromatic carbocycles. The van der Waals surface area contributed by atoms with Gasteiger partial charge in [0.25, 0.3) is 0 Å². The number of hydrogen-bond acceptors (Lipinski definition) is 2. The van der Waals surface area contributed by atoms with Crippen LogP contribution in [-0.2, 0) is 13.1 Å². The summed E-state index contributed by atoms with van der Waals surface area (Å²) in [7, 11) is 0. The first kappa shape index (κ1) is 16.2. The summed E-state index contributed by atoms with van der Waals surface area (Å²) in [4.78, 5) is 2.55. The molecule has 1 saturated heterocycles. The van der Waals surface area contributed by atoms with E-state index in [9.17, 15) is 4.39 Å².